The van der Waals surface area contributed by atoms with Crippen molar-refractivity contribution < 1.29 is 33.6 Å². The molecule has 1 fully saturated rings. The molecule has 2 aromatic carbocycles. The molecular weight excluding hydrogens is 352 g/mol. The molecule has 3 aliphatic rings. The average molecular weight is 370 g/mol. The van der Waals surface area contributed by atoms with Crippen molar-refractivity contribution >= 4 is 5.97 Å². The number of esters is 1. The molecule has 5 rings (SSSR count). The van der Waals surface area contributed by atoms with Gasteiger partial charge in [-0.1, -0.05) is 12.1 Å². The molecular formula is C20H18O7. The van der Waals surface area contributed by atoms with Gasteiger partial charge in [0.25, 0.3) is 0 Å². The van der Waals surface area contributed by atoms with Gasteiger partial charge in [0.2, 0.25) is 13.6 Å². The van der Waals surface area contributed by atoms with Crippen molar-refractivity contribution in [3.05, 3.63) is 47.5 Å². The molecule has 0 saturated carbocycles. The maximum atomic E-state index is 12.3. The minimum atomic E-state index is -0.843. The quantitative estimate of drug-likeness (QED) is 0.826. The fourth-order valence-electron chi connectivity index (χ4n) is 3.79. The van der Waals surface area contributed by atoms with Gasteiger partial charge in [-0.25, -0.2) is 0 Å². The smallest absolute Gasteiger partial charge is 0.309 e. The Bertz CT molecular complexity index is 894. The molecule has 27 heavy (non-hydrogen) atoms. The van der Waals surface area contributed by atoms with Crippen LogP contribution in [0.5, 0.6) is 23.0 Å². The standard InChI is InChI=1S/C20H18O7/c21-19(12-2-4-16-18(7-12)27-10-25-16)14-8-23-20(22)13(14)5-11-1-3-15-17(6-11)26-9-24-15/h1-4,6-7,13-14,19,21H,5,8-10H2/t13-,14+,19+/m1/s1. The van der Waals surface area contributed by atoms with Gasteiger partial charge >= 0.3 is 5.97 Å². The molecule has 1 saturated heterocycles. The van der Waals surface area contributed by atoms with Crippen molar-refractivity contribution in [2.24, 2.45) is 11.8 Å². The number of carbonyl (C=O) groups excluding carboxylic acids is 1. The Kier molecular flexibility index (Phi) is 3.82. The van der Waals surface area contributed by atoms with Gasteiger partial charge in [-0.3, -0.25) is 4.79 Å². The second kappa shape index (κ2) is 6.35. The number of aliphatic hydroxyl groups is 1. The molecule has 3 heterocycles. The third-order valence-corrected chi connectivity index (χ3v) is 5.27. The van der Waals surface area contributed by atoms with Crippen LogP contribution >= 0.6 is 0 Å². The van der Waals surface area contributed by atoms with Crippen LogP contribution in [0.15, 0.2) is 36.4 Å². The number of benzene rings is 2. The summed E-state index contributed by atoms with van der Waals surface area (Å²) in [6.07, 6.45) is -0.383. The highest BCUT2D eigenvalue weighted by Gasteiger charge is 2.42. The van der Waals surface area contributed by atoms with Crippen molar-refractivity contribution in [3.8, 4) is 23.0 Å². The lowest BCUT2D eigenvalue weighted by Gasteiger charge is -2.22. The Morgan fingerprint density at radius 2 is 1.56 bits per heavy atom. The second-order valence-electron chi connectivity index (χ2n) is 6.85. The van der Waals surface area contributed by atoms with Crippen LogP contribution in [0.25, 0.3) is 0 Å². The minimum absolute atomic E-state index is 0.173. The second-order valence-corrected chi connectivity index (χ2v) is 6.85. The van der Waals surface area contributed by atoms with Crippen LogP contribution in [0.4, 0.5) is 0 Å². The van der Waals surface area contributed by atoms with E-state index in [1.54, 1.807) is 18.2 Å². The lowest BCUT2D eigenvalue weighted by atomic mass is 9.83. The van der Waals surface area contributed by atoms with Gasteiger partial charge in [0.15, 0.2) is 23.0 Å². The number of fused-ring (bicyclic) bond motifs is 2. The number of hydrogen-bond donors (Lipinski definition) is 1. The van der Waals surface area contributed by atoms with Gasteiger partial charge in [-0.05, 0) is 41.8 Å². The van der Waals surface area contributed by atoms with Crippen LogP contribution < -0.4 is 18.9 Å². The Morgan fingerprint density at radius 1 is 0.889 bits per heavy atom. The first-order valence-electron chi connectivity index (χ1n) is 8.82. The molecule has 0 amide bonds. The number of aliphatic hydroxyl groups excluding tert-OH is 1. The molecule has 1 N–H and O–H groups in total. The van der Waals surface area contributed by atoms with E-state index in [2.05, 4.69) is 0 Å². The fraction of sp³-hybridized carbons (Fsp3) is 0.350. The summed E-state index contributed by atoms with van der Waals surface area (Å²) in [6, 6.07) is 10.9. The summed E-state index contributed by atoms with van der Waals surface area (Å²) in [5, 5.41) is 10.9. The molecule has 0 radical (unpaired) electrons. The van der Waals surface area contributed by atoms with Crippen molar-refractivity contribution in [2.45, 2.75) is 12.5 Å². The summed E-state index contributed by atoms with van der Waals surface area (Å²) in [6.45, 7) is 0.562. The van der Waals surface area contributed by atoms with Crippen LogP contribution in [0.3, 0.4) is 0 Å². The molecule has 7 nitrogen and oxygen atoms in total. The van der Waals surface area contributed by atoms with Crippen molar-refractivity contribution in [3.63, 3.8) is 0 Å². The lowest BCUT2D eigenvalue weighted by Crippen LogP contribution is -2.24. The molecule has 140 valence electrons. The third-order valence-electron chi connectivity index (χ3n) is 5.27. The first-order valence-corrected chi connectivity index (χ1v) is 8.82. The molecule has 2 aromatic rings. The zero-order chi connectivity index (χ0) is 18.4. The maximum Gasteiger partial charge on any atom is 0.309 e. The van der Waals surface area contributed by atoms with Gasteiger partial charge in [0.1, 0.15) is 0 Å². The highest BCUT2D eigenvalue weighted by molar-refractivity contribution is 5.75. The molecule has 0 spiro atoms. The van der Waals surface area contributed by atoms with Gasteiger partial charge < -0.3 is 28.8 Å². The fourth-order valence-corrected chi connectivity index (χ4v) is 3.79. The van der Waals surface area contributed by atoms with Crippen LogP contribution in [0, 0.1) is 11.8 Å². The van der Waals surface area contributed by atoms with Crippen molar-refractivity contribution in [1.29, 1.82) is 0 Å². The Balaban J connectivity index is 1.37. The van der Waals surface area contributed by atoms with E-state index < -0.39 is 12.0 Å². The largest absolute Gasteiger partial charge is 0.465 e. The Morgan fingerprint density at radius 3 is 2.33 bits per heavy atom. The van der Waals surface area contributed by atoms with Crippen molar-refractivity contribution in [1.82, 2.24) is 0 Å². The normalized spacial score (nSPS) is 23.4. The Hall–Kier alpha value is -2.93. The van der Waals surface area contributed by atoms with E-state index in [4.69, 9.17) is 23.7 Å². The number of rotatable bonds is 4. The lowest BCUT2D eigenvalue weighted by molar-refractivity contribution is -0.141. The minimum Gasteiger partial charge on any atom is -0.465 e. The van der Waals surface area contributed by atoms with E-state index in [-0.39, 0.29) is 32.1 Å². The maximum absolute atomic E-state index is 12.3. The van der Waals surface area contributed by atoms with Crippen LogP contribution in [-0.4, -0.2) is 31.3 Å². The zero-order valence-electron chi connectivity index (χ0n) is 14.4. The van der Waals surface area contributed by atoms with E-state index in [0.717, 1.165) is 5.56 Å². The van der Waals surface area contributed by atoms with Crippen molar-refractivity contribution in [2.75, 3.05) is 20.2 Å². The molecule has 0 aliphatic carbocycles. The SMILES string of the molecule is O=C1OC[C@H]([C@@H](O)c2ccc3c(c2)OCO3)[C@H]1Cc1ccc2c(c1)OCO2. The highest BCUT2D eigenvalue weighted by Crippen LogP contribution is 2.41. The highest BCUT2D eigenvalue weighted by atomic mass is 16.7. The summed E-state index contributed by atoms with van der Waals surface area (Å²) in [4.78, 5) is 12.3. The molecule has 0 unspecified atom stereocenters. The average Bonchev–Trinajstić information content (AvgIpc) is 3.41. The van der Waals surface area contributed by atoms with E-state index in [9.17, 15) is 9.90 Å². The molecule has 7 heteroatoms. The third kappa shape index (κ3) is 2.84. The van der Waals surface area contributed by atoms with Crippen LogP contribution in [0.1, 0.15) is 17.2 Å². The van der Waals surface area contributed by atoms with E-state index in [1.807, 2.05) is 18.2 Å². The van der Waals surface area contributed by atoms with Gasteiger partial charge in [-0.2, -0.15) is 0 Å². The van der Waals surface area contributed by atoms with Gasteiger partial charge in [0, 0.05) is 5.92 Å². The van der Waals surface area contributed by atoms with E-state index in [1.165, 1.54) is 0 Å². The first-order chi connectivity index (χ1) is 13.2. The van der Waals surface area contributed by atoms with E-state index >= 15 is 0 Å². The van der Waals surface area contributed by atoms with Gasteiger partial charge in [-0.15, -0.1) is 0 Å². The molecule has 0 aromatic heterocycles. The Labute approximate surface area is 155 Å². The summed E-state index contributed by atoms with van der Waals surface area (Å²) in [5.41, 5.74) is 1.62. The summed E-state index contributed by atoms with van der Waals surface area (Å²) in [7, 11) is 0. The molecule has 3 aliphatic heterocycles. The van der Waals surface area contributed by atoms with Gasteiger partial charge in [0.05, 0.1) is 18.6 Å². The number of ether oxygens (including phenoxy) is 5. The molecule has 0 bridgehead atoms. The summed E-state index contributed by atoms with van der Waals surface area (Å²) >= 11 is 0. The topological polar surface area (TPSA) is 83.5 Å². The zero-order valence-corrected chi connectivity index (χ0v) is 14.4. The number of carbonyl (C=O) groups is 1. The van der Waals surface area contributed by atoms with Crippen LogP contribution in [-0.2, 0) is 16.0 Å². The summed E-state index contributed by atoms with van der Waals surface area (Å²) < 4.78 is 26.7. The monoisotopic (exact) mass is 370 g/mol. The van der Waals surface area contributed by atoms with E-state index in [0.29, 0.717) is 35.0 Å². The number of hydrogen-bond acceptors (Lipinski definition) is 7. The first kappa shape index (κ1) is 16.3. The molecule has 3 atom stereocenters. The predicted molar refractivity (Wildman–Crippen MR) is 91.7 cm³/mol. The predicted octanol–water partition coefficient (Wildman–Crippen LogP) is 2.21. The summed E-state index contributed by atoms with van der Waals surface area (Å²) in [5.74, 6) is 1.55. The number of cyclic esters (lactones) is 1. The van der Waals surface area contributed by atoms with Crippen LogP contribution in [0.2, 0.25) is 0 Å².